The van der Waals surface area contributed by atoms with Gasteiger partial charge in [0.2, 0.25) is 0 Å². The molecule has 1 aromatic carbocycles. The number of nitrogens with zero attached hydrogens (tertiary/aromatic N) is 3. The van der Waals surface area contributed by atoms with Gasteiger partial charge in [0.1, 0.15) is 12.2 Å². The van der Waals surface area contributed by atoms with Gasteiger partial charge in [-0.1, -0.05) is 22.0 Å². The summed E-state index contributed by atoms with van der Waals surface area (Å²) in [7, 11) is 1.98. The number of benzene rings is 1. The first kappa shape index (κ1) is 14.2. The summed E-state index contributed by atoms with van der Waals surface area (Å²) in [6.45, 7) is 5.07. The summed E-state index contributed by atoms with van der Waals surface area (Å²) in [6.07, 6.45) is 2.46. The lowest BCUT2D eigenvalue weighted by Crippen LogP contribution is -2.22. The molecule has 1 heterocycles. The van der Waals surface area contributed by atoms with Gasteiger partial charge in [-0.3, -0.25) is 4.68 Å². The van der Waals surface area contributed by atoms with E-state index < -0.39 is 0 Å². The number of aryl methyl sites for hydroxylation is 2. The number of likely N-dealkylation sites (N-methyl/N-ethyl adjacent to an activating group) is 1. The highest BCUT2D eigenvalue weighted by Gasteiger charge is 2.16. The molecule has 102 valence electrons. The minimum Gasteiger partial charge on any atom is -0.313 e. The molecule has 0 spiro atoms. The molecule has 0 amide bonds. The predicted octanol–water partition coefficient (Wildman–Crippen LogP) is 2.87. The first-order valence-corrected chi connectivity index (χ1v) is 7.25. The highest BCUT2D eigenvalue weighted by atomic mass is 79.9. The Morgan fingerprint density at radius 2 is 2.21 bits per heavy atom. The van der Waals surface area contributed by atoms with E-state index in [1.807, 2.05) is 11.7 Å². The van der Waals surface area contributed by atoms with Gasteiger partial charge in [0.15, 0.2) is 0 Å². The zero-order valence-corrected chi connectivity index (χ0v) is 13.1. The standard InChI is InChI=1S/C14H19BrN4/c1-4-19-14(17-9-18-19)8-13(16-3)12-7-11(15)6-5-10(12)2/h5-7,9,13,16H,4,8H2,1-3H3. The zero-order chi connectivity index (χ0) is 13.8. The van der Waals surface area contributed by atoms with Crippen LogP contribution < -0.4 is 5.32 Å². The smallest absolute Gasteiger partial charge is 0.138 e. The third-order valence-corrected chi connectivity index (χ3v) is 3.84. The van der Waals surface area contributed by atoms with E-state index in [0.717, 1.165) is 23.3 Å². The van der Waals surface area contributed by atoms with E-state index in [1.165, 1.54) is 11.1 Å². The Hall–Kier alpha value is -1.20. The average molecular weight is 323 g/mol. The van der Waals surface area contributed by atoms with E-state index >= 15 is 0 Å². The Kier molecular flexibility index (Phi) is 4.71. The molecule has 1 N–H and O–H groups in total. The summed E-state index contributed by atoms with van der Waals surface area (Å²) in [5.74, 6) is 1.02. The van der Waals surface area contributed by atoms with Crippen molar-refractivity contribution in [2.75, 3.05) is 7.05 Å². The summed E-state index contributed by atoms with van der Waals surface area (Å²) < 4.78 is 3.04. The van der Waals surface area contributed by atoms with Crippen molar-refractivity contribution in [3.8, 4) is 0 Å². The largest absolute Gasteiger partial charge is 0.313 e. The molecule has 5 heteroatoms. The maximum absolute atomic E-state index is 4.35. The van der Waals surface area contributed by atoms with E-state index in [2.05, 4.69) is 63.4 Å². The molecule has 0 bridgehead atoms. The van der Waals surface area contributed by atoms with Gasteiger partial charge in [0.05, 0.1) is 0 Å². The zero-order valence-electron chi connectivity index (χ0n) is 11.5. The second-order valence-electron chi connectivity index (χ2n) is 4.54. The van der Waals surface area contributed by atoms with Crippen LogP contribution >= 0.6 is 15.9 Å². The Morgan fingerprint density at radius 1 is 1.42 bits per heavy atom. The number of halogens is 1. The number of nitrogens with one attached hydrogen (secondary N) is 1. The molecule has 0 fully saturated rings. The van der Waals surface area contributed by atoms with Crippen molar-refractivity contribution in [3.63, 3.8) is 0 Å². The predicted molar refractivity (Wildman–Crippen MR) is 80.1 cm³/mol. The molecule has 0 saturated carbocycles. The molecule has 0 aliphatic heterocycles. The van der Waals surface area contributed by atoms with Gasteiger partial charge < -0.3 is 5.32 Å². The summed E-state index contributed by atoms with van der Waals surface area (Å²) in [5.41, 5.74) is 2.58. The van der Waals surface area contributed by atoms with Gasteiger partial charge in [-0.2, -0.15) is 5.10 Å². The van der Waals surface area contributed by atoms with Crippen molar-refractivity contribution in [1.82, 2.24) is 20.1 Å². The highest BCUT2D eigenvalue weighted by molar-refractivity contribution is 9.10. The number of aromatic nitrogens is 3. The SMILES string of the molecule is CCn1ncnc1CC(NC)c1cc(Br)ccc1C. The minimum atomic E-state index is 0.243. The van der Waals surface area contributed by atoms with Crippen LogP contribution in [0.1, 0.15) is 29.9 Å². The van der Waals surface area contributed by atoms with Crippen LogP contribution in [0, 0.1) is 6.92 Å². The molecule has 0 saturated heterocycles. The first-order valence-electron chi connectivity index (χ1n) is 6.45. The summed E-state index contributed by atoms with van der Waals surface area (Å²) in [6, 6.07) is 6.62. The molecule has 19 heavy (non-hydrogen) atoms. The van der Waals surface area contributed by atoms with E-state index in [1.54, 1.807) is 6.33 Å². The lowest BCUT2D eigenvalue weighted by atomic mass is 9.98. The van der Waals surface area contributed by atoms with Crippen LogP contribution in [0.3, 0.4) is 0 Å². The quantitative estimate of drug-likeness (QED) is 0.920. The van der Waals surface area contributed by atoms with Crippen molar-refractivity contribution in [3.05, 3.63) is 46.0 Å². The van der Waals surface area contributed by atoms with Crippen LogP contribution in [-0.2, 0) is 13.0 Å². The topological polar surface area (TPSA) is 42.7 Å². The van der Waals surface area contributed by atoms with Crippen LogP contribution in [0.4, 0.5) is 0 Å². The van der Waals surface area contributed by atoms with Gasteiger partial charge in [0, 0.05) is 23.5 Å². The molecule has 1 aromatic heterocycles. The lowest BCUT2D eigenvalue weighted by molar-refractivity contribution is 0.532. The van der Waals surface area contributed by atoms with Gasteiger partial charge in [0.25, 0.3) is 0 Å². The van der Waals surface area contributed by atoms with Gasteiger partial charge in [-0.15, -0.1) is 0 Å². The Balaban J connectivity index is 2.27. The minimum absolute atomic E-state index is 0.243. The maximum atomic E-state index is 4.35. The molecule has 0 radical (unpaired) electrons. The molecule has 2 aromatic rings. The van der Waals surface area contributed by atoms with Crippen molar-refractivity contribution in [1.29, 1.82) is 0 Å². The number of rotatable bonds is 5. The van der Waals surface area contributed by atoms with Crippen molar-refractivity contribution in [2.24, 2.45) is 0 Å². The fraction of sp³-hybridized carbons (Fsp3) is 0.429. The van der Waals surface area contributed by atoms with Gasteiger partial charge in [-0.05, 0) is 44.2 Å². The van der Waals surface area contributed by atoms with Crippen LogP contribution in [0.2, 0.25) is 0 Å². The van der Waals surface area contributed by atoms with E-state index in [-0.39, 0.29) is 6.04 Å². The monoisotopic (exact) mass is 322 g/mol. The number of hydrogen-bond acceptors (Lipinski definition) is 3. The molecule has 2 rings (SSSR count). The fourth-order valence-electron chi connectivity index (χ4n) is 2.25. The van der Waals surface area contributed by atoms with Crippen LogP contribution in [0.15, 0.2) is 29.0 Å². The Labute approximate surface area is 122 Å². The van der Waals surface area contributed by atoms with Crippen molar-refractivity contribution >= 4 is 15.9 Å². The third kappa shape index (κ3) is 3.22. The summed E-state index contributed by atoms with van der Waals surface area (Å²) >= 11 is 3.54. The third-order valence-electron chi connectivity index (χ3n) is 3.35. The molecule has 1 atom stereocenters. The molecule has 0 aliphatic rings. The molecular formula is C14H19BrN4. The van der Waals surface area contributed by atoms with Crippen LogP contribution in [0.5, 0.6) is 0 Å². The molecular weight excluding hydrogens is 304 g/mol. The Bertz CT molecular complexity index is 550. The normalized spacial score (nSPS) is 12.6. The van der Waals surface area contributed by atoms with Gasteiger partial charge in [-0.25, -0.2) is 4.98 Å². The molecule has 0 aliphatic carbocycles. The summed E-state index contributed by atoms with van der Waals surface area (Å²) in [5, 5.41) is 7.60. The second kappa shape index (κ2) is 6.30. The molecule has 1 unspecified atom stereocenters. The lowest BCUT2D eigenvalue weighted by Gasteiger charge is -2.19. The van der Waals surface area contributed by atoms with E-state index in [9.17, 15) is 0 Å². The molecule has 4 nitrogen and oxygen atoms in total. The second-order valence-corrected chi connectivity index (χ2v) is 5.45. The maximum Gasteiger partial charge on any atom is 0.138 e. The Morgan fingerprint density at radius 3 is 2.89 bits per heavy atom. The van der Waals surface area contributed by atoms with Crippen molar-refractivity contribution < 1.29 is 0 Å². The summed E-state index contributed by atoms with van der Waals surface area (Å²) in [4.78, 5) is 4.35. The van der Waals surface area contributed by atoms with Crippen molar-refractivity contribution in [2.45, 2.75) is 32.9 Å². The van der Waals surface area contributed by atoms with Crippen LogP contribution in [0.25, 0.3) is 0 Å². The average Bonchev–Trinajstić information content (AvgIpc) is 2.86. The highest BCUT2D eigenvalue weighted by Crippen LogP contribution is 2.24. The number of hydrogen-bond donors (Lipinski definition) is 1. The van der Waals surface area contributed by atoms with E-state index in [0.29, 0.717) is 0 Å². The van der Waals surface area contributed by atoms with Gasteiger partial charge >= 0.3 is 0 Å². The van der Waals surface area contributed by atoms with E-state index in [4.69, 9.17) is 0 Å². The fourth-order valence-corrected chi connectivity index (χ4v) is 2.63. The van der Waals surface area contributed by atoms with Crippen LogP contribution in [-0.4, -0.2) is 21.8 Å². The first-order chi connectivity index (χ1) is 9.15.